The van der Waals surface area contributed by atoms with Gasteiger partial charge in [0.2, 0.25) is 0 Å². The molecule has 4 nitrogen and oxygen atoms in total. The maximum absolute atomic E-state index is 13.0. The minimum Gasteiger partial charge on any atom is -0.393 e. The molecule has 2 aliphatic rings. The van der Waals surface area contributed by atoms with Gasteiger partial charge in [-0.3, -0.25) is 0 Å². The zero-order valence-corrected chi connectivity index (χ0v) is 13.3. The molecule has 3 rings (SSSR count). The van der Waals surface area contributed by atoms with Crippen LogP contribution in [0.4, 0.5) is 18.0 Å². The van der Waals surface area contributed by atoms with Crippen LogP contribution in [-0.2, 0) is 12.7 Å². The number of urea groups is 1. The highest BCUT2D eigenvalue weighted by atomic mass is 19.4. The van der Waals surface area contributed by atoms with Crippen molar-refractivity contribution < 1.29 is 23.1 Å². The first-order chi connectivity index (χ1) is 11.3. The summed E-state index contributed by atoms with van der Waals surface area (Å²) in [7, 11) is 0. The van der Waals surface area contributed by atoms with E-state index in [1.54, 1.807) is 4.90 Å². The fraction of sp³-hybridized carbons (Fsp3) is 0.588. The van der Waals surface area contributed by atoms with Gasteiger partial charge >= 0.3 is 12.2 Å². The number of nitrogens with one attached hydrogen (secondary N) is 1. The van der Waals surface area contributed by atoms with Crippen LogP contribution in [0.15, 0.2) is 24.3 Å². The highest BCUT2D eigenvalue weighted by Crippen LogP contribution is 2.44. The van der Waals surface area contributed by atoms with E-state index in [0.29, 0.717) is 19.4 Å². The summed E-state index contributed by atoms with van der Waals surface area (Å²) in [6, 6.07) is 4.91. The lowest BCUT2D eigenvalue weighted by atomic mass is 9.69. The normalized spacial score (nSPS) is 23.0. The van der Waals surface area contributed by atoms with Gasteiger partial charge in [-0.1, -0.05) is 18.2 Å². The van der Waals surface area contributed by atoms with Crippen molar-refractivity contribution in [3.8, 4) is 0 Å². The van der Waals surface area contributed by atoms with E-state index in [0.717, 1.165) is 25.3 Å². The molecule has 0 radical (unpaired) electrons. The molecule has 132 valence electrons. The van der Waals surface area contributed by atoms with E-state index in [9.17, 15) is 23.1 Å². The van der Waals surface area contributed by atoms with Crippen molar-refractivity contribution in [1.29, 1.82) is 0 Å². The number of carbonyl (C=O) groups is 1. The Morgan fingerprint density at radius 1 is 1.33 bits per heavy atom. The monoisotopic (exact) mass is 342 g/mol. The standard InChI is InChI=1S/C17H21F3N2O2/c18-17(19,20)14-5-2-1-4-12(14)11-21-15(24)22-9-6-13(23)10-16(22)7-3-8-16/h1-2,4-5,13,23H,3,6-11H2,(H,21,24). The lowest BCUT2D eigenvalue weighted by Crippen LogP contribution is -2.63. The van der Waals surface area contributed by atoms with Crippen molar-refractivity contribution >= 4 is 6.03 Å². The number of piperidine rings is 1. The second kappa shape index (κ2) is 6.27. The van der Waals surface area contributed by atoms with Gasteiger partial charge in [0.1, 0.15) is 0 Å². The quantitative estimate of drug-likeness (QED) is 0.866. The average molecular weight is 342 g/mol. The Morgan fingerprint density at radius 3 is 2.67 bits per heavy atom. The van der Waals surface area contributed by atoms with Crippen molar-refractivity contribution in [3.63, 3.8) is 0 Å². The summed E-state index contributed by atoms with van der Waals surface area (Å²) in [5, 5.41) is 12.5. The van der Waals surface area contributed by atoms with Gasteiger partial charge in [-0.15, -0.1) is 0 Å². The van der Waals surface area contributed by atoms with Gasteiger partial charge in [0.15, 0.2) is 0 Å². The molecular weight excluding hydrogens is 321 g/mol. The number of rotatable bonds is 2. The van der Waals surface area contributed by atoms with Crippen molar-refractivity contribution in [2.75, 3.05) is 6.54 Å². The number of amides is 2. The molecule has 1 heterocycles. The topological polar surface area (TPSA) is 52.6 Å². The Hall–Kier alpha value is -1.76. The number of aliphatic hydroxyl groups is 1. The first kappa shape index (κ1) is 17.1. The molecule has 1 aliphatic carbocycles. The van der Waals surface area contributed by atoms with E-state index in [1.165, 1.54) is 18.2 Å². The highest BCUT2D eigenvalue weighted by Gasteiger charge is 2.48. The molecule has 1 aromatic carbocycles. The van der Waals surface area contributed by atoms with Gasteiger partial charge in [-0.25, -0.2) is 4.79 Å². The number of likely N-dealkylation sites (tertiary alicyclic amines) is 1. The molecule has 2 fully saturated rings. The number of aliphatic hydroxyl groups excluding tert-OH is 1. The minimum absolute atomic E-state index is 0.0538. The van der Waals surface area contributed by atoms with E-state index in [1.807, 2.05) is 0 Å². The third-order valence-electron chi connectivity index (χ3n) is 5.16. The van der Waals surface area contributed by atoms with Crippen LogP contribution >= 0.6 is 0 Å². The Bertz CT molecular complexity index is 614. The van der Waals surface area contributed by atoms with E-state index in [-0.39, 0.29) is 23.7 Å². The first-order valence-electron chi connectivity index (χ1n) is 8.20. The summed E-state index contributed by atoms with van der Waals surface area (Å²) < 4.78 is 39.0. The third-order valence-corrected chi connectivity index (χ3v) is 5.16. The zero-order chi connectivity index (χ0) is 17.4. The molecule has 2 amide bonds. The molecule has 1 aromatic rings. The molecule has 1 saturated carbocycles. The van der Waals surface area contributed by atoms with Crippen LogP contribution in [-0.4, -0.2) is 34.2 Å². The fourth-order valence-corrected chi connectivity index (χ4v) is 3.76. The van der Waals surface area contributed by atoms with Gasteiger partial charge in [0.25, 0.3) is 0 Å². The van der Waals surface area contributed by atoms with E-state index >= 15 is 0 Å². The van der Waals surface area contributed by atoms with Gasteiger partial charge in [0.05, 0.1) is 11.7 Å². The SMILES string of the molecule is O=C(NCc1ccccc1C(F)(F)F)N1CCC(O)CC12CCC2. The third kappa shape index (κ3) is 3.22. The lowest BCUT2D eigenvalue weighted by molar-refractivity contribution is -0.138. The minimum atomic E-state index is -4.44. The molecule has 2 N–H and O–H groups in total. The van der Waals surface area contributed by atoms with Crippen LogP contribution in [0.25, 0.3) is 0 Å². The fourth-order valence-electron chi connectivity index (χ4n) is 3.76. The predicted octanol–water partition coefficient (Wildman–Crippen LogP) is 3.29. The number of benzene rings is 1. The van der Waals surface area contributed by atoms with Gasteiger partial charge in [-0.2, -0.15) is 13.2 Å². The van der Waals surface area contributed by atoms with Crippen molar-refractivity contribution in [2.45, 2.75) is 56.5 Å². The van der Waals surface area contributed by atoms with Crippen LogP contribution in [0.5, 0.6) is 0 Å². The van der Waals surface area contributed by atoms with E-state index in [2.05, 4.69) is 5.32 Å². The second-order valence-corrected chi connectivity index (χ2v) is 6.69. The Morgan fingerprint density at radius 2 is 2.04 bits per heavy atom. The number of hydrogen-bond donors (Lipinski definition) is 2. The van der Waals surface area contributed by atoms with Gasteiger partial charge < -0.3 is 15.3 Å². The average Bonchev–Trinajstić information content (AvgIpc) is 2.50. The van der Waals surface area contributed by atoms with E-state index in [4.69, 9.17) is 0 Å². The molecule has 0 aromatic heterocycles. The summed E-state index contributed by atoms with van der Waals surface area (Å²) in [6.07, 6.45) is -1.08. The molecule has 24 heavy (non-hydrogen) atoms. The number of carbonyl (C=O) groups excluding carboxylic acids is 1. The number of nitrogens with zero attached hydrogens (tertiary/aromatic N) is 1. The Labute approximate surface area is 138 Å². The second-order valence-electron chi connectivity index (χ2n) is 6.69. The molecule has 1 atom stereocenters. The highest BCUT2D eigenvalue weighted by molar-refractivity contribution is 5.75. The number of hydrogen-bond acceptors (Lipinski definition) is 2. The molecule has 7 heteroatoms. The molecule has 1 saturated heterocycles. The predicted molar refractivity (Wildman–Crippen MR) is 82.2 cm³/mol. The first-order valence-corrected chi connectivity index (χ1v) is 8.20. The van der Waals surface area contributed by atoms with Crippen molar-refractivity contribution in [3.05, 3.63) is 35.4 Å². The summed E-state index contributed by atoms with van der Waals surface area (Å²) in [5.74, 6) is 0. The number of alkyl halides is 3. The summed E-state index contributed by atoms with van der Waals surface area (Å²) in [5.41, 5.74) is -0.985. The molecular formula is C17H21F3N2O2. The lowest BCUT2D eigenvalue weighted by Gasteiger charge is -2.54. The van der Waals surface area contributed by atoms with Crippen LogP contribution in [0.1, 0.15) is 43.2 Å². The Kier molecular flexibility index (Phi) is 4.46. The molecule has 1 spiro atoms. The van der Waals surface area contributed by atoms with Gasteiger partial charge in [0, 0.05) is 18.6 Å². The summed E-state index contributed by atoms with van der Waals surface area (Å²) in [4.78, 5) is 14.2. The zero-order valence-electron chi connectivity index (χ0n) is 13.3. The Balaban J connectivity index is 1.68. The van der Waals surface area contributed by atoms with Gasteiger partial charge in [-0.05, 0) is 43.7 Å². The molecule has 0 bridgehead atoms. The molecule has 1 aliphatic heterocycles. The van der Waals surface area contributed by atoms with Crippen molar-refractivity contribution in [1.82, 2.24) is 10.2 Å². The van der Waals surface area contributed by atoms with Crippen molar-refractivity contribution in [2.24, 2.45) is 0 Å². The molecule has 1 unspecified atom stereocenters. The smallest absolute Gasteiger partial charge is 0.393 e. The summed E-state index contributed by atoms with van der Waals surface area (Å²) >= 11 is 0. The largest absolute Gasteiger partial charge is 0.416 e. The van der Waals surface area contributed by atoms with Crippen LogP contribution in [0.2, 0.25) is 0 Å². The maximum Gasteiger partial charge on any atom is 0.416 e. The van der Waals surface area contributed by atoms with Crippen LogP contribution < -0.4 is 5.32 Å². The van der Waals surface area contributed by atoms with Crippen LogP contribution in [0, 0.1) is 0 Å². The van der Waals surface area contributed by atoms with Crippen LogP contribution in [0.3, 0.4) is 0 Å². The number of halogens is 3. The van der Waals surface area contributed by atoms with E-state index < -0.39 is 17.8 Å². The summed E-state index contributed by atoms with van der Waals surface area (Å²) in [6.45, 7) is 0.275. The maximum atomic E-state index is 13.0.